The Balaban J connectivity index is 2.23. The summed E-state index contributed by atoms with van der Waals surface area (Å²) in [7, 11) is 0. The van der Waals surface area contributed by atoms with Gasteiger partial charge >= 0.3 is 0 Å². The number of amides is 1. The third-order valence-corrected chi connectivity index (χ3v) is 2.33. The molecule has 1 amide bonds. The molecule has 64 valence electrons. The molecule has 11 heavy (non-hydrogen) atoms. The van der Waals surface area contributed by atoms with Gasteiger partial charge in [-0.25, -0.2) is 0 Å². The van der Waals surface area contributed by atoms with Crippen molar-refractivity contribution in [1.82, 2.24) is 5.32 Å². The molecule has 1 unspecified atom stereocenters. The number of nitrogens with one attached hydrogen (secondary N) is 1. The van der Waals surface area contributed by atoms with Gasteiger partial charge in [0.1, 0.15) is 0 Å². The Labute approximate surface area is 67.3 Å². The average molecular weight is 156 g/mol. The summed E-state index contributed by atoms with van der Waals surface area (Å²) in [6.07, 6.45) is 2.14. The Morgan fingerprint density at radius 3 is 3.00 bits per heavy atom. The molecule has 0 aromatic carbocycles. The van der Waals surface area contributed by atoms with Crippen molar-refractivity contribution in [2.45, 2.75) is 19.8 Å². The molecule has 0 aromatic heterocycles. The summed E-state index contributed by atoms with van der Waals surface area (Å²) >= 11 is 0. The van der Waals surface area contributed by atoms with E-state index in [1.807, 2.05) is 6.92 Å². The first kappa shape index (κ1) is 8.53. The van der Waals surface area contributed by atoms with E-state index in [1.54, 1.807) is 0 Å². The smallest absolute Gasteiger partial charge is 0.220 e. The molecule has 1 heterocycles. The molecular formula is C8H16N2O. The van der Waals surface area contributed by atoms with Gasteiger partial charge in [0.25, 0.3) is 0 Å². The normalized spacial score (nSPS) is 26.8. The van der Waals surface area contributed by atoms with Crippen molar-refractivity contribution in [3.05, 3.63) is 0 Å². The Morgan fingerprint density at radius 2 is 2.55 bits per heavy atom. The minimum Gasteiger partial charge on any atom is -0.369 e. The molecule has 0 radical (unpaired) electrons. The Hall–Kier alpha value is -0.570. The molecule has 3 heteroatoms. The van der Waals surface area contributed by atoms with Gasteiger partial charge in [-0.2, -0.15) is 0 Å². The fourth-order valence-electron chi connectivity index (χ4n) is 1.53. The highest BCUT2D eigenvalue weighted by Crippen LogP contribution is 2.17. The van der Waals surface area contributed by atoms with Crippen molar-refractivity contribution in [2.24, 2.45) is 17.6 Å². The van der Waals surface area contributed by atoms with Gasteiger partial charge in [-0.1, -0.05) is 6.92 Å². The van der Waals surface area contributed by atoms with Crippen LogP contribution in [0.25, 0.3) is 0 Å². The first-order valence-electron chi connectivity index (χ1n) is 4.20. The summed E-state index contributed by atoms with van der Waals surface area (Å²) in [5.74, 6) is 0.536. The van der Waals surface area contributed by atoms with E-state index in [0.29, 0.717) is 5.92 Å². The molecule has 3 nitrogen and oxygen atoms in total. The summed E-state index contributed by atoms with van der Waals surface area (Å²) in [5.41, 5.74) is 5.15. The molecule has 1 saturated heterocycles. The standard InChI is InChI=1S/C8H16N2O/c1-6(8(9)11)4-7-2-3-10-5-7/h6-7,10H,2-5H2,1H3,(H2,9,11)/t6?,7-/m1/s1. The van der Waals surface area contributed by atoms with Gasteiger partial charge < -0.3 is 11.1 Å². The molecule has 3 N–H and O–H groups in total. The molecule has 1 aliphatic heterocycles. The van der Waals surface area contributed by atoms with Crippen LogP contribution in [0.5, 0.6) is 0 Å². The van der Waals surface area contributed by atoms with Crippen LogP contribution < -0.4 is 11.1 Å². The van der Waals surface area contributed by atoms with Crippen molar-refractivity contribution >= 4 is 5.91 Å². The second-order valence-corrected chi connectivity index (χ2v) is 3.40. The second kappa shape index (κ2) is 3.72. The van der Waals surface area contributed by atoms with Crippen molar-refractivity contribution in [3.63, 3.8) is 0 Å². The van der Waals surface area contributed by atoms with Crippen molar-refractivity contribution < 1.29 is 4.79 Å². The van der Waals surface area contributed by atoms with Crippen LogP contribution in [0.3, 0.4) is 0 Å². The first-order chi connectivity index (χ1) is 5.20. The molecule has 0 bridgehead atoms. The zero-order valence-corrected chi connectivity index (χ0v) is 6.97. The highest BCUT2D eigenvalue weighted by atomic mass is 16.1. The predicted molar refractivity (Wildman–Crippen MR) is 44.0 cm³/mol. The summed E-state index contributed by atoms with van der Waals surface area (Å²) in [6, 6.07) is 0. The average Bonchev–Trinajstić information content (AvgIpc) is 2.39. The van der Waals surface area contributed by atoms with Crippen LogP contribution in [0.15, 0.2) is 0 Å². The first-order valence-corrected chi connectivity index (χ1v) is 4.20. The topological polar surface area (TPSA) is 55.1 Å². The summed E-state index contributed by atoms with van der Waals surface area (Å²) in [6.45, 7) is 4.05. The van der Waals surface area contributed by atoms with E-state index in [0.717, 1.165) is 19.5 Å². The van der Waals surface area contributed by atoms with Crippen molar-refractivity contribution in [1.29, 1.82) is 0 Å². The number of nitrogens with two attached hydrogens (primary N) is 1. The third-order valence-electron chi connectivity index (χ3n) is 2.33. The van der Waals surface area contributed by atoms with E-state index in [4.69, 9.17) is 5.73 Å². The van der Waals surface area contributed by atoms with Crippen LogP contribution in [-0.4, -0.2) is 19.0 Å². The van der Waals surface area contributed by atoms with Gasteiger partial charge in [-0.15, -0.1) is 0 Å². The molecule has 1 rings (SSSR count). The fraction of sp³-hybridized carbons (Fsp3) is 0.875. The molecule has 0 saturated carbocycles. The van der Waals surface area contributed by atoms with Crippen LogP contribution >= 0.6 is 0 Å². The van der Waals surface area contributed by atoms with E-state index in [9.17, 15) is 4.79 Å². The predicted octanol–water partition coefficient (Wildman–Crippen LogP) is 0.107. The lowest BCUT2D eigenvalue weighted by Gasteiger charge is -2.11. The van der Waals surface area contributed by atoms with E-state index < -0.39 is 0 Å². The maximum absolute atomic E-state index is 10.7. The van der Waals surface area contributed by atoms with Gasteiger partial charge in [0.05, 0.1) is 0 Å². The molecule has 0 aromatic rings. The van der Waals surface area contributed by atoms with E-state index in [-0.39, 0.29) is 11.8 Å². The van der Waals surface area contributed by atoms with Gasteiger partial charge in [0.2, 0.25) is 5.91 Å². The van der Waals surface area contributed by atoms with Gasteiger partial charge in [0, 0.05) is 5.92 Å². The van der Waals surface area contributed by atoms with E-state index in [2.05, 4.69) is 5.32 Å². The van der Waals surface area contributed by atoms with Crippen molar-refractivity contribution in [2.75, 3.05) is 13.1 Å². The van der Waals surface area contributed by atoms with Gasteiger partial charge in [-0.05, 0) is 31.8 Å². The Bertz CT molecular complexity index is 141. The molecular weight excluding hydrogens is 140 g/mol. The zero-order chi connectivity index (χ0) is 8.27. The molecule has 1 fully saturated rings. The van der Waals surface area contributed by atoms with E-state index in [1.165, 1.54) is 6.42 Å². The lowest BCUT2D eigenvalue weighted by atomic mass is 9.95. The van der Waals surface area contributed by atoms with Crippen LogP contribution in [0, 0.1) is 11.8 Å². The number of primary amides is 1. The van der Waals surface area contributed by atoms with E-state index >= 15 is 0 Å². The van der Waals surface area contributed by atoms with Crippen LogP contribution in [0.4, 0.5) is 0 Å². The lowest BCUT2D eigenvalue weighted by molar-refractivity contribution is -0.121. The maximum Gasteiger partial charge on any atom is 0.220 e. The van der Waals surface area contributed by atoms with Gasteiger partial charge in [0.15, 0.2) is 0 Å². The van der Waals surface area contributed by atoms with Gasteiger partial charge in [-0.3, -0.25) is 4.79 Å². The summed E-state index contributed by atoms with van der Waals surface area (Å²) in [5, 5.41) is 3.26. The summed E-state index contributed by atoms with van der Waals surface area (Å²) < 4.78 is 0. The van der Waals surface area contributed by atoms with Crippen LogP contribution in [-0.2, 0) is 4.79 Å². The van der Waals surface area contributed by atoms with Crippen molar-refractivity contribution in [3.8, 4) is 0 Å². The number of carbonyl (C=O) groups excluding carboxylic acids is 1. The quantitative estimate of drug-likeness (QED) is 0.609. The third kappa shape index (κ3) is 2.50. The zero-order valence-electron chi connectivity index (χ0n) is 6.97. The second-order valence-electron chi connectivity index (χ2n) is 3.40. The molecule has 0 aliphatic carbocycles. The molecule has 1 aliphatic rings. The SMILES string of the molecule is CC(C[C@H]1CCNC1)C(N)=O. The minimum atomic E-state index is -0.170. The number of carbonyl (C=O) groups is 1. The highest BCUT2D eigenvalue weighted by molar-refractivity contribution is 5.76. The van der Waals surface area contributed by atoms with Crippen LogP contribution in [0.2, 0.25) is 0 Å². The fourth-order valence-corrected chi connectivity index (χ4v) is 1.53. The number of hydrogen-bond acceptors (Lipinski definition) is 2. The summed E-state index contributed by atoms with van der Waals surface area (Å²) in [4.78, 5) is 10.7. The minimum absolute atomic E-state index is 0.0416. The largest absolute Gasteiger partial charge is 0.369 e. The Kier molecular flexibility index (Phi) is 2.88. The van der Waals surface area contributed by atoms with Crippen LogP contribution in [0.1, 0.15) is 19.8 Å². The Morgan fingerprint density at radius 1 is 1.82 bits per heavy atom. The number of rotatable bonds is 3. The maximum atomic E-state index is 10.7. The monoisotopic (exact) mass is 156 g/mol. The highest BCUT2D eigenvalue weighted by Gasteiger charge is 2.19. The lowest BCUT2D eigenvalue weighted by Crippen LogP contribution is -2.23. The molecule has 0 spiro atoms. The molecule has 2 atom stereocenters. The number of hydrogen-bond donors (Lipinski definition) is 2.